The number of hydrogen-bond donors (Lipinski definition) is 1. The maximum atomic E-state index is 6.03. The summed E-state index contributed by atoms with van der Waals surface area (Å²) in [6, 6.07) is 14.0. The zero-order chi connectivity index (χ0) is 13.7. The lowest BCUT2D eigenvalue weighted by Crippen LogP contribution is -2.03. The van der Waals surface area contributed by atoms with Gasteiger partial charge in [0.15, 0.2) is 0 Å². The number of nitrogens with two attached hydrogens (primary N) is 1. The van der Waals surface area contributed by atoms with E-state index in [0.717, 1.165) is 23.3 Å². The van der Waals surface area contributed by atoms with E-state index in [9.17, 15) is 0 Å². The quantitative estimate of drug-likeness (QED) is 0.648. The standard InChI is InChI=1S/C17H19NO/c1-3-7-15-13(2)10-11-16(18)17(15)19-12-14-8-5-4-6-9-14/h3-6,8-11H,1,7,12,18H2,2H3. The van der Waals surface area contributed by atoms with Crippen molar-refractivity contribution in [3.05, 3.63) is 71.8 Å². The zero-order valence-corrected chi connectivity index (χ0v) is 11.2. The van der Waals surface area contributed by atoms with Gasteiger partial charge in [-0.3, -0.25) is 0 Å². The Bertz CT molecular complexity index is 561. The third-order valence-electron chi connectivity index (χ3n) is 3.10. The van der Waals surface area contributed by atoms with E-state index in [4.69, 9.17) is 10.5 Å². The molecule has 0 amide bonds. The number of allylic oxidation sites excluding steroid dienone is 1. The van der Waals surface area contributed by atoms with Gasteiger partial charge in [-0.15, -0.1) is 6.58 Å². The first-order chi connectivity index (χ1) is 9.22. The summed E-state index contributed by atoms with van der Waals surface area (Å²) in [7, 11) is 0. The molecule has 0 aliphatic carbocycles. The van der Waals surface area contributed by atoms with Crippen LogP contribution in [-0.4, -0.2) is 0 Å². The number of rotatable bonds is 5. The summed E-state index contributed by atoms with van der Waals surface area (Å²) in [6.45, 7) is 6.38. The third-order valence-corrected chi connectivity index (χ3v) is 3.10. The maximum Gasteiger partial charge on any atom is 0.146 e. The van der Waals surface area contributed by atoms with E-state index < -0.39 is 0 Å². The first-order valence-electron chi connectivity index (χ1n) is 6.38. The van der Waals surface area contributed by atoms with Gasteiger partial charge >= 0.3 is 0 Å². The molecule has 98 valence electrons. The molecule has 2 N–H and O–H groups in total. The largest absolute Gasteiger partial charge is 0.486 e. The van der Waals surface area contributed by atoms with E-state index in [1.54, 1.807) is 0 Å². The fourth-order valence-corrected chi connectivity index (χ4v) is 2.04. The number of anilines is 1. The van der Waals surface area contributed by atoms with Crippen molar-refractivity contribution in [3.63, 3.8) is 0 Å². The molecule has 0 aliphatic rings. The van der Waals surface area contributed by atoms with Crippen LogP contribution in [0.15, 0.2) is 55.1 Å². The number of benzene rings is 2. The molecule has 0 radical (unpaired) electrons. The number of hydrogen-bond acceptors (Lipinski definition) is 2. The van der Waals surface area contributed by atoms with E-state index in [1.807, 2.05) is 48.5 Å². The van der Waals surface area contributed by atoms with Crippen LogP contribution in [0.4, 0.5) is 5.69 Å². The van der Waals surface area contributed by atoms with Gasteiger partial charge in [0.05, 0.1) is 5.69 Å². The summed E-state index contributed by atoms with van der Waals surface area (Å²) in [4.78, 5) is 0. The van der Waals surface area contributed by atoms with E-state index in [-0.39, 0.29) is 0 Å². The van der Waals surface area contributed by atoms with Gasteiger partial charge in [0, 0.05) is 5.56 Å². The summed E-state index contributed by atoms with van der Waals surface area (Å²) >= 11 is 0. The van der Waals surface area contributed by atoms with Crippen molar-refractivity contribution in [2.75, 3.05) is 5.73 Å². The molecule has 2 nitrogen and oxygen atoms in total. The zero-order valence-electron chi connectivity index (χ0n) is 11.2. The summed E-state index contributed by atoms with van der Waals surface area (Å²) in [5.41, 5.74) is 10.1. The second-order valence-electron chi connectivity index (χ2n) is 4.55. The Kier molecular flexibility index (Phi) is 4.24. The number of aryl methyl sites for hydroxylation is 1. The fourth-order valence-electron chi connectivity index (χ4n) is 2.04. The molecule has 2 aromatic carbocycles. The van der Waals surface area contributed by atoms with Crippen LogP contribution in [0.2, 0.25) is 0 Å². The van der Waals surface area contributed by atoms with Crippen LogP contribution in [0.3, 0.4) is 0 Å². The van der Waals surface area contributed by atoms with E-state index in [1.165, 1.54) is 5.56 Å². The average molecular weight is 253 g/mol. The molecule has 0 saturated heterocycles. The van der Waals surface area contributed by atoms with Crippen molar-refractivity contribution in [3.8, 4) is 5.75 Å². The maximum absolute atomic E-state index is 6.03. The molecule has 19 heavy (non-hydrogen) atoms. The highest BCUT2D eigenvalue weighted by Crippen LogP contribution is 2.30. The second-order valence-corrected chi connectivity index (χ2v) is 4.55. The van der Waals surface area contributed by atoms with Gasteiger partial charge in [-0.1, -0.05) is 42.5 Å². The summed E-state index contributed by atoms with van der Waals surface area (Å²) in [5, 5.41) is 0. The molecule has 0 heterocycles. The topological polar surface area (TPSA) is 35.2 Å². The van der Waals surface area contributed by atoms with Crippen molar-refractivity contribution in [2.24, 2.45) is 0 Å². The van der Waals surface area contributed by atoms with Gasteiger partial charge in [-0.05, 0) is 30.5 Å². The smallest absolute Gasteiger partial charge is 0.146 e. The monoisotopic (exact) mass is 253 g/mol. The lowest BCUT2D eigenvalue weighted by atomic mass is 10.0. The van der Waals surface area contributed by atoms with Crippen LogP contribution in [0, 0.1) is 6.92 Å². The normalized spacial score (nSPS) is 10.2. The first kappa shape index (κ1) is 13.2. The summed E-state index contributed by atoms with van der Waals surface area (Å²) in [5.74, 6) is 0.781. The lowest BCUT2D eigenvalue weighted by Gasteiger charge is -2.15. The molecular weight excluding hydrogens is 234 g/mol. The molecule has 0 aliphatic heterocycles. The predicted molar refractivity (Wildman–Crippen MR) is 80.3 cm³/mol. The van der Waals surface area contributed by atoms with Gasteiger partial charge < -0.3 is 10.5 Å². The Morgan fingerprint density at radius 1 is 1.16 bits per heavy atom. The van der Waals surface area contributed by atoms with Crippen LogP contribution in [0.1, 0.15) is 16.7 Å². The number of nitrogen functional groups attached to an aromatic ring is 1. The van der Waals surface area contributed by atoms with Crippen molar-refractivity contribution in [1.29, 1.82) is 0 Å². The molecule has 0 spiro atoms. The first-order valence-corrected chi connectivity index (χ1v) is 6.38. The Labute approximate surface area is 114 Å². The van der Waals surface area contributed by atoms with E-state index in [0.29, 0.717) is 12.3 Å². The van der Waals surface area contributed by atoms with Crippen LogP contribution in [-0.2, 0) is 13.0 Å². The SMILES string of the molecule is C=CCc1c(C)ccc(N)c1OCc1ccccc1. The molecular formula is C17H19NO. The highest BCUT2D eigenvalue weighted by atomic mass is 16.5. The minimum Gasteiger partial charge on any atom is -0.486 e. The van der Waals surface area contributed by atoms with Gasteiger partial charge in [0.25, 0.3) is 0 Å². The molecule has 0 bridgehead atoms. The average Bonchev–Trinajstić information content (AvgIpc) is 2.43. The van der Waals surface area contributed by atoms with Crippen molar-refractivity contribution < 1.29 is 4.74 Å². The molecule has 0 unspecified atom stereocenters. The van der Waals surface area contributed by atoms with Crippen LogP contribution in [0.5, 0.6) is 5.75 Å². The Balaban J connectivity index is 2.23. The van der Waals surface area contributed by atoms with Gasteiger partial charge in [-0.25, -0.2) is 0 Å². The molecule has 0 fully saturated rings. The summed E-state index contributed by atoms with van der Waals surface area (Å²) < 4.78 is 5.91. The highest BCUT2D eigenvalue weighted by Gasteiger charge is 2.10. The summed E-state index contributed by atoms with van der Waals surface area (Å²) in [6.07, 6.45) is 2.64. The van der Waals surface area contributed by atoms with Gasteiger partial charge in [-0.2, -0.15) is 0 Å². The van der Waals surface area contributed by atoms with Crippen molar-refractivity contribution in [2.45, 2.75) is 20.0 Å². The van der Waals surface area contributed by atoms with Crippen molar-refractivity contribution >= 4 is 5.69 Å². The molecule has 0 saturated carbocycles. The Morgan fingerprint density at radius 2 is 1.89 bits per heavy atom. The van der Waals surface area contributed by atoms with Gasteiger partial charge in [0.2, 0.25) is 0 Å². The van der Waals surface area contributed by atoms with Crippen LogP contribution in [0.25, 0.3) is 0 Å². The molecule has 2 heteroatoms. The van der Waals surface area contributed by atoms with Crippen molar-refractivity contribution in [1.82, 2.24) is 0 Å². The molecule has 2 rings (SSSR count). The van der Waals surface area contributed by atoms with E-state index in [2.05, 4.69) is 13.5 Å². The Hall–Kier alpha value is -2.22. The third kappa shape index (κ3) is 3.16. The molecule has 0 atom stereocenters. The van der Waals surface area contributed by atoms with Gasteiger partial charge in [0.1, 0.15) is 12.4 Å². The van der Waals surface area contributed by atoms with Crippen LogP contribution >= 0.6 is 0 Å². The Morgan fingerprint density at radius 3 is 2.58 bits per heavy atom. The molecule has 2 aromatic rings. The van der Waals surface area contributed by atoms with Crippen LogP contribution < -0.4 is 10.5 Å². The molecule has 0 aromatic heterocycles. The highest BCUT2D eigenvalue weighted by molar-refractivity contribution is 5.59. The fraction of sp³-hybridized carbons (Fsp3) is 0.176. The number of ether oxygens (including phenoxy) is 1. The second kappa shape index (κ2) is 6.10. The lowest BCUT2D eigenvalue weighted by molar-refractivity contribution is 0.305. The minimum absolute atomic E-state index is 0.526. The predicted octanol–water partition coefficient (Wildman–Crippen LogP) is 3.88. The van der Waals surface area contributed by atoms with E-state index >= 15 is 0 Å². The minimum atomic E-state index is 0.526.